The number of ether oxygens (including phenoxy) is 1. The molecule has 0 bridgehead atoms. The van der Waals surface area contributed by atoms with Gasteiger partial charge in [0, 0.05) is 12.1 Å². The zero-order valence-corrected chi connectivity index (χ0v) is 11.8. The summed E-state index contributed by atoms with van der Waals surface area (Å²) >= 11 is 0. The third-order valence-electron chi connectivity index (χ3n) is 2.41. The first-order valence-corrected chi connectivity index (χ1v) is 6.20. The molecule has 1 aromatic carbocycles. The molecule has 0 radical (unpaired) electrons. The molecule has 1 rings (SSSR count). The number of carbonyl (C=O) groups excluding carboxylic acids is 1. The number of nitrogens with one attached hydrogen (secondary N) is 2. The molecule has 0 aliphatic rings. The molecular weight excluding hydrogens is 247 g/mol. The molecule has 0 saturated carbocycles. The van der Waals surface area contributed by atoms with Gasteiger partial charge in [0.15, 0.2) is 0 Å². The number of methoxy groups -OCH3 is 1. The van der Waals surface area contributed by atoms with Gasteiger partial charge in [-0.2, -0.15) is 0 Å². The number of halogens is 1. The van der Waals surface area contributed by atoms with Crippen molar-refractivity contribution in [2.75, 3.05) is 13.7 Å². The van der Waals surface area contributed by atoms with Gasteiger partial charge >= 0.3 is 6.03 Å². The molecule has 0 aromatic heterocycles. The Morgan fingerprint density at radius 1 is 1.37 bits per heavy atom. The van der Waals surface area contributed by atoms with Crippen molar-refractivity contribution >= 4 is 6.03 Å². The SMILES string of the molecule is COc1ccc(F)cc1CCNC(=O)NC(C)(C)C. The Labute approximate surface area is 113 Å². The predicted molar refractivity (Wildman–Crippen MR) is 72.9 cm³/mol. The van der Waals surface area contributed by atoms with Crippen molar-refractivity contribution in [3.05, 3.63) is 29.6 Å². The minimum Gasteiger partial charge on any atom is -0.496 e. The van der Waals surface area contributed by atoms with Gasteiger partial charge in [0.05, 0.1) is 7.11 Å². The van der Waals surface area contributed by atoms with Crippen LogP contribution in [0.1, 0.15) is 26.3 Å². The van der Waals surface area contributed by atoms with E-state index in [1.54, 1.807) is 6.07 Å². The van der Waals surface area contributed by atoms with Crippen LogP contribution in [0, 0.1) is 5.82 Å². The normalized spacial score (nSPS) is 11.0. The van der Waals surface area contributed by atoms with Gasteiger partial charge < -0.3 is 15.4 Å². The number of amides is 2. The number of hydrogen-bond acceptors (Lipinski definition) is 2. The summed E-state index contributed by atoms with van der Waals surface area (Å²) in [7, 11) is 1.54. The van der Waals surface area contributed by atoms with Gasteiger partial charge in [0.1, 0.15) is 11.6 Å². The maximum Gasteiger partial charge on any atom is 0.315 e. The number of urea groups is 1. The van der Waals surface area contributed by atoms with Gasteiger partial charge in [-0.05, 0) is 51.0 Å². The molecule has 0 heterocycles. The molecule has 19 heavy (non-hydrogen) atoms. The first-order chi connectivity index (χ1) is 8.81. The van der Waals surface area contributed by atoms with Crippen LogP contribution < -0.4 is 15.4 Å². The molecule has 0 fully saturated rings. The van der Waals surface area contributed by atoms with Crippen molar-refractivity contribution in [1.82, 2.24) is 10.6 Å². The molecule has 0 atom stereocenters. The van der Waals surface area contributed by atoms with Crippen molar-refractivity contribution in [2.24, 2.45) is 0 Å². The van der Waals surface area contributed by atoms with E-state index in [1.165, 1.54) is 19.2 Å². The summed E-state index contributed by atoms with van der Waals surface area (Å²) in [5.74, 6) is 0.314. The molecule has 0 spiro atoms. The molecule has 2 N–H and O–H groups in total. The first-order valence-electron chi connectivity index (χ1n) is 6.20. The minimum atomic E-state index is -0.310. The van der Waals surface area contributed by atoms with Crippen LogP contribution in [-0.4, -0.2) is 25.2 Å². The monoisotopic (exact) mass is 268 g/mol. The van der Waals surface area contributed by atoms with Gasteiger partial charge in [-0.25, -0.2) is 9.18 Å². The lowest BCUT2D eigenvalue weighted by Gasteiger charge is -2.20. The largest absolute Gasteiger partial charge is 0.496 e. The number of benzene rings is 1. The second-order valence-corrected chi connectivity index (χ2v) is 5.34. The van der Waals surface area contributed by atoms with Gasteiger partial charge in [-0.3, -0.25) is 0 Å². The summed E-state index contributed by atoms with van der Waals surface area (Å²) in [6.07, 6.45) is 0.512. The lowest BCUT2D eigenvalue weighted by molar-refractivity contribution is 0.232. The minimum absolute atomic E-state index is 0.233. The third-order valence-corrected chi connectivity index (χ3v) is 2.41. The smallest absolute Gasteiger partial charge is 0.315 e. The Morgan fingerprint density at radius 3 is 2.63 bits per heavy atom. The summed E-state index contributed by atoms with van der Waals surface area (Å²) in [4.78, 5) is 11.5. The van der Waals surface area contributed by atoms with Crippen LogP contribution in [0.5, 0.6) is 5.75 Å². The van der Waals surface area contributed by atoms with Crippen LogP contribution in [0.25, 0.3) is 0 Å². The van der Waals surface area contributed by atoms with Gasteiger partial charge in [0.2, 0.25) is 0 Å². The highest BCUT2D eigenvalue weighted by molar-refractivity contribution is 5.74. The summed E-state index contributed by atoms with van der Waals surface area (Å²) < 4.78 is 18.3. The lowest BCUT2D eigenvalue weighted by Crippen LogP contribution is -2.46. The molecule has 1 aromatic rings. The average molecular weight is 268 g/mol. The highest BCUT2D eigenvalue weighted by Gasteiger charge is 2.13. The Hall–Kier alpha value is -1.78. The van der Waals surface area contributed by atoms with E-state index >= 15 is 0 Å². The second-order valence-electron chi connectivity index (χ2n) is 5.34. The van der Waals surface area contributed by atoms with Crippen molar-refractivity contribution in [1.29, 1.82) is 0 Å². The van der Waals surface area contributed by atoms with E-state index in [9.17, 15) is 9.18 Å². The standard InChI is InChI=1S/C14H21FN2O2/c1-14(2,3)17-13(18)16-8-7-10-9-11(15)5-6-12(10)19-4/h5-6,9H,7-8H2,1-4H3,(H2,16,17,18). The molecule has 0 unspecified atom stereocenters. The summed E-state index contributed by atoms with van der Waals surface area (Å²) in [5.41, 5.74) is 0.458. The molecule has 4 nitrogen and oxygen atoms in total. The highest BCUT2D eigenvalue weighted by Crippen LogP contribution is 2.19. The topological polar surface area (TPSA) is 50.4 Å². The van der Waals surface area contributed by atoms with Crippen LogP contribution in [0.4, 0.5) is 9.18 Å². The van der Waals surface area contributed by atoms with Crippen LogP contribution in [0.15, 0.2) is 18.2 Å². The van der Waals surface area contributed by atoms with Crippen LogP contribution in [0.2, 0.25) is 0 Å². The molecule has 5 heteroatoms. The van der Waals surface area contributed by atoms with E-state index in [1.807, 2.05) is 20.8 Å². The van der Waals surface area contributed by atoms with E-state index in [0.717, 1.165) is 5.56 Å². The Kier molecular flexibility index (Phi) is 5.15. The van der Waals surface area contributed by atoms with Crippen LogP contribution >= 0.6 is 0 Å². The van der Waals surface area contributed by atoms with Crippen LogP contribution in [-0.2, 0) is 6.42 Å². The summed E-state index contributed by atoms with van der Waals surface area (Å²) in [5, 5.41) is 5.52. The quantitative estimate of drug-likeness (QED) is 0.881. The summed E-state index contributed by atoms with van der Waals surface area (Å²) in [6, 6.07) is 4.12. The van der Waals surface area contributed by atoms with Crippen molar-refractivity contribution in [3.63, 3.8) is 0 Å². The maximum absolute atomic E-state index is 13.1. The second kappa shape index (κ2) is 6.41. The Morgan fingerprint density at radius 2 is 2.05 bits per heavy atom. The third kappa shape index (κ3) is 5.59. The fourth-order valence-corrected chi connectivity index (χ4v) is 1.64. The average Bonchev–Trinajstić information content (AvgIpc) is 2.27. The van der Waals surface area contributed by atoms with E-state index in [2.05, 4.69) is 10.6 Å². The molecule has 2 amide bonds. The highest BCUT2D eigenvalue weighted by atomic mass is 19.1. The Balaban J connectivity index is 2.49. The molecule has 0 aliphatic heterocycles. The fraction of sp³-hybridized carbons (Fsp3) is 0.500. The van der Waals surface area contributed by atoms with Gasteiger partial charge in [-0.15, -0.1) is 0 Å². The number of hydrogen-bond donors (Lipinski definition) is 2. The first kappa shape index (κ1) is 15.3. The summed E-state index contributed by atoms with van der Waals surface area (Å²) in [6.45, 7) is 6.13. The van der Waals surface area contributed by atoms with Crippen molar-refractivity contribution < 1.29 is 13.9 Å². The van der Waals surface area contributed by atoms with E-state index in [-0.39, 0.29) is 17.4 Å². The van der Waals surface area contributed by atoms with E-state index in [4.69, 9.17) is 4.74 Å². The molecule has 0 aliphatic carbocycles. The zero-order valence-electron chi connectivity index (χ0n) is 11.8. The van der Waals surface area contributed by atoms with E-state index in [0.29, 0.717) is 18.7 Å². The Bertz CT molecular complexity index is 442. The predicted octanol–water partition coefficient (Wildman–Crippen LogP) is 2.47. The van der Waals surface area contributed by atoms with E-state index < -0.39 is 0 Å². The fourth-order valence-electron chi connectivity index (χ4n) is 1.64. The van der Waals surface area contributed by atoms with Crippen LogP contribution in [0.3, 0.4) is 0 Å². The van der Waals surface area contributed by atoms with Gasteiger partial charge in [0.25, 0.3) is 0 Å². The lowest BCUT2D eigenvalue weighted by atomic mass is 10.1. The number of carbonyl (C=O) groups is 1. The van der Waals surface area contributed by atoms with Crippen molar-refractivity contribution in [3.8, 4) is 5.75 Å². The maximum atomic E-state index is 13.1. The molecular formula is C14H21FN2O2. The molecule has 106 valence electrons. The number of rotatable bonds is 4. The van der Waals surface area contributed by atoms with Crippen molar-refractivity contribution in [2.45, 2.75) is 32.7 Å². The zero-order chi connectivity index (χ0) is 14.5. The van der Waals surface area contributed by atoms with Gasteiger partial charge in [-0.1, -0.05) is 0 Å². The molecule has 0 saturated heterocycles.